The lowest BCUT2D eigenvalue weighted by Crippen LogP contribution is -2.17. The fourth-order valence-electron chi connectivity index (χ4n) is 1.87. The summed E-state index contributed by atoms with van der Waals surface area (Å²) in [5.74, 6) is 0.443. The molecule has 0 aliphatic heterocycles. The quantitative estimate of drug-likeness (QED) is 0.885. The van der Waals surface area contributed by atoms with E-state index in [1.807, 2.05) is 24.3 Å². The number of nitrogens with two attached hydrogens (primary N) is 1. The summed E-state index contributed by atoms with van der Waals surface area (Å²) in [5, 5.41) is 0. The van der Waals surface area contributed by atoms with Gasteiger partial charge in [-0.25, -0.2) is 0 Å². The molecule has 0 amide bonds. The minimum absolute atomic E-state index is 0.248. The maximum atomic E-state index is 12.0. The third kappa shape index (κ3) is 5.29. The van der Waals surface area contributed by atoms with Crippen LogP contribution in [0.5, 0.6) is 11.5 Å². The van der Waals surface area contributed by atoms with Crippen LogP contribution >= 0.6 is 0 Å². The van der Waals surface area contributed by atoms with E-state index in [2.05, 4.69) is 4.74 Å². The van der Waals surface area contributed by atoms with Gasteiger partial charge in [-0.05, 0) is 48.4 Å². The molecule has 0 saturated heterocycles. The van der Waals surface area contributed by atoms with Crippen molar-refractivity contribution in [3.8, 4) is 11.5 Å². The summed E-state index contributed by atoms with van der Waals surface area (Å²) in [6, 6.07) is 13.1. The molecule has 118 valence electrons. The average Bonchev–Trinajstić information content (AvgIpc) is 2.47. The number of rotatable bonds is 6. The molecule has 2 N–H and O–H groups in total. The van der Waals surface area contributed by atoms with Crippen molar-refractivity contribution in [1.82, 2.24) is 0 Å². The lowest BCUT2D eigenvalue weighted by molar-refractivity contribution is -0.274. The van der Waals surface area contributed by atoms with Gasteiger partial charge >= 0.3 is 6.36 Å². The van der Waals surface area contributed by atoms with Crippen LogP contribution in [-0.2, 0) is 13.0 Å². The molecule has 0 heterocycles. The summed E-state index contributed by atoms with van der Waals surface area (Å²) >= 11 is 0. The van der Waals surface area contributed by atoms with E-state index in [0.717, 1.165) is 17.5 Å². The van der Waals surface area contributed by atoms with Gasteiger partial charge in [0.1, 0.15) is 18.1 Å². The van der Waals surface area contributed by atoms with E-state index in [9.17, 15) is 13.2 Å². The van der Waals surface area contributed by atoms with E-state index in [-0.39, 0.29) is 12.4 Å². The molecule has 2 aromatic carbocycles. The van der Waals surface area contributed by atoms with Crippen molar-refractivity contribution < 1.29 is 22.6 Å². The summed E-state index contributed by atoms with van der Waals surface area (Å²) < 4.78 is 45.5. The van der Waals surface area contributed by atoms with Gasteiger partial charge < -0.3 is 15.2 Å². The second kappa shape index (κ2) is 7.17. The number of halogens is 3. The Labute approximate surface area is 126 Å². The second-order valence-corrected chi connectivity index (χ2v) is 4.66. The fraction of sp³-hybridized carbons (Fsp3) is 0.250. The monoisotopic (exact) mass is 311 g/mol. The lowest BCUT2D eigenvalue weighted by atomic mass is 10.1. The van der Waals surface area contributed by atoms with Gasteiger partial charge in [0, 0.05) is 0 Å². The normalized spacial score (nSPS) is 11.3. The molecule has 0 spiro atoms. The van der Waals surface area contributed by atoms with E-state index >= 15 is 0 Å². The molecule has 3 nitrogen and oxygen atoms in total. The molecule has 0 aromatic heterocycles. The van der Waals surface area contributed by atoms with Gasteiger partial charge in [0.05, 0.1) is 0 Å². The molecular weight excluding hydrogens is 295 g/mol. The maximum absolute atomic E-state index is 12.0. The van der Waals surface area contributed by atoms with Crippen LogP contribution in [0.4, 0.5) is 13.2 Å². The Morgan fingerprint density at radius 2 is 1.36 bits per heavy atom. The molecule has 0 fully saturated rings. The number of benzene rings is 2. The first-order valence-electron chi connectivity index (χ1n) is 6.73. The van der Waals surface area contributed by atoms with Crippen LogP contribution in [0, 0.1) is 0 Å². The molecule has 0 bridgehead atoms. The number of ether oxygens (including phenoxy) is 2. The SMILES string of the molecule is NCCc1ccc(OCc2ccc(OC(F)(F)F)cc2)cc1. The number of hydrogen-bond donors (Lipinski definition) is 1. The predicted molar refractivity (Wildman–Crippen MR) is 76.7 cm³/mol. The van der Waals surface area contributed by atoms with Gasteiger partial charge in [-0.15, -0.1) is 13.2 Å². The summed E-state index contributed by atoms with van der Waals surface area (Å²) in [5.41, 5.74) is 7.35. The third-order valence-corrected chi connectivity index (χ3v) is 2.92. The summed E-state index contributed by atoms with van der Waals surface area (Å²) in [6.07, 6.45) is -3.87. The highest BCUT2D eigenvalue weighted by Gasteiger charge is 2.30. The molecule has 2 rings (SSSR count). The fourth-order valence-corrected chi connectivity index (χ4v) is 1.87. The number of alkyl halides is 3. The first-order valence-corrected chi connectivity index (χ1v) is 6.73. The minimum Gasteiger partial charge on any atom is -0.489 e. The summed E-state index contributed by atoms with van der Waals surface area (Å²) in [7, 11) is 0. The molecule has 22 heavy (non-hydrogen) atoms. The second-order valence-electron chi connectivity index (χ2n) is 4.66. The van der Waals surface area contributed by atoms with Crippen LogP contribution in [0.3, 0.4) is 0 Å². The molecule has 6 heteroatoms. The Hall–Kier alpha value is -2.21. The smallest absolute Gasteiger partial charge is 0.489 e. The van der Waals surface area contributed by atoms with Gasteiger partial charge in [-0.2, -0.15) is 0 Å². The highest BCUT2D eigenvalue weighted by molar-refractivity contribution is 5.29. The molecule has 0 unspecified atom stereocenters. The lowest BCUT2D eigenvalue weighted by Gasteiger charge is -2.10. The van der Waals surface area contributed by atoms with E-state index in [0.29, 0.717) is 12.3 Å². The highest BCUT2D eigenvalue weighted by Crippen LogP contribution is 2.23. The average molecular weight is 311 g/mol. The highest BCUT2D eigenvalue weighted by atomic mass is 19.4. The van der Waals surface area contributed by atoms with Crippen LogP contribution in [0.15, 0.2) is 48.5 Å². The molecule has 0 saturated carbocycles. The molecule has 2 aromatic rings. The first-order chi connectivity index (χ1) is 10.5. The van der Waals surface area contributed by atoms with E-state index in [1.165, 1.54) is 24.3 Å². The Kier molecular flexibility index (Phi) is 5.27. The zero-order valence-corrected chi connectivity index (χ0v) is 11.8. The van der Waals surface area contributed by atoms with Crippen LogP contribution < -0.4 is 15.2 Å². The Balaban J connectivity index is 1.88. The Morgan fingerprint density at radius 1 is 0.818 bits per heavy atom. The van der Waals surface area contributed by atoms with Crippen LogP contribution in [0.2, 0.25) is 0 Å². The predicted octanol–water partition coefficient (Wildman–Crippen LogP) is 3.67. The van der Waals surface area contributed by atoms with Crippen molar-refractivity contribution in [2.75, 3.05) is 6.54 Å². The largest absolute Gasteiger partial charge is 0.573 e. The van der Waals surface area contributed by atoms with Crippen molar-refractivity contribution in [1.29, 1.82) is 0 Å². The van der Waals surface area contributed by atoms with E-state index in [1.54, 1.807) is 0 Å². The first kappa shape index (κ1) is 16.2. The molecule has 0 radical (unpaired) electrons. The molecule has 0 aliphatic carbocycles. The number of hydrogen-bond acceptors (Lipinski definition) is 3. The van der Waals surface area contributed by atoms with Crippen LogP contribution in [0.25, 0.3) is 0 Å². The van der Waals surface area contributed by atoms with Crippen molar-refractivity contribution >= 4 is 0 Å². The summed E-state index contributed by atoms with van der Waals surface area (Å²) in [4.78, 5) is 0. The van der Waals surface area contributed by atoms with Gasteiger partial charge in [-0.1, -0.05) is 24.3 Å². The Bertz CT molecular complexity index is 580. The van der Waals surface area contributed by atoms with Gasteiger partial charge in [0.2, 0.25) is 0 Å². The molecule has 0 atom stereocenters. The van der Waals surface area contributed by atoms with Gasteiger partial charge in [0.15, 0.2) is 0 Å². The molecule has 0 aliphatic rings. The zero-order chi connectivity index (χ0) is 16.0. The van der Waals surface area contributed by atoms with E-state index < -0.39 is 6.36 Å². The maximum Gasteiger partial charge on any atom is 0.573 e. The van der Waals surface area contributed by atoms with Gasteiger partial charge in [-0.3, -0.25) is 0 Å². The Morgan fingerprint density at radius 3 is 1.91 bits per heavy atom. The third-order valence-electron chi connectivity index (χ3n) is 2.92. The van der Waals surface area contributed by atoms with Gasteiger partial charge in [0.25, 0.3) is 0 Å². The van der Waals surface area contributed by atoms with E-state index in [4.69, 9.17) is 10.5 Å². The van der Waals surface area contributed by atoms with Crippen molar-refractivity contribution in [3.05, 3.63) is 59.7 Å². The zero-order valence-electron chi connectivity index (χ0n) is 11.8. The summed E-state index contributed by atoms with van der Waals surface area (Å²) in [6.45, 7) is 0.856. The minimum atomic E-state index is -4.68. The standard InChI is InChI=1S/C16H16F3NO2/c17-16(18,19)22-15-7-3-13(4-8-15)11-21-14-5-1-12(2-6-14)9-10-20/h1-8H,9-11,20H2. The van der Waals surface area contributed by atoms with Crippen molar-refractivity contribution in [2.24, 2.45) is 5.73 Å². The van der Waals surface area contributed by atoms with Crippen LogP contribution in [0.1, 0.15) is 11.1 Å². The van der Waals surface area contributed by atoms with Crippen molar-refractivity contribution in [3.63, 3.8) is 0 Å². The molecular formula is C16H16F3NO2. The van der Waals surface area contributed by atoms with Crippen LogP contribution in [-0.4, -0.2) is 12.9 Å². The topological polar surface area (TPSA) is 44.5 Å². The van der Waals surface area contributed by atoms with Crippen molar-refractivity contribution in [2.45, 2.75) is 19.4 Å².